The van der Waals surface area contributed by atoms with E-state index in [4.69, 9.17) is 11.6 Å². The minimum absolute atomic E-state index is 0.0151. The van der Waals surface area contributed by atoms with Crippen molar-refractivity contribution in [1.82, 2.24) is 9.97 Å². The van der Waals surface area contributed by atoms with E-state index in [1.165, 1.54) is 6.20 Å². The molecule has 1 fully saturated rings. The average Bonchev–Trinajstić information content (AvgIpc) is 3.02. The standard InChI is InChI=1S/C9H8ClF2N3O/c10-9(11,12)8-6(3-13-4-14-8)7(15-16)5-1-2-5/h3-5,7H,1-2H2. The normalized spacial score (nSPS) is 18.2. The fraction of sp³-hybridized carbons (Fsp3) is 0.556. The van der Waals surface area contributed by atoms with Crippen molar-refractivity contribution in [2.24, 2.45) is 11.1 Å². The van der Waals surface area contributed by atoms with E-state index in [9.17, 15) is 13.7 Å². The van der Waals surface area contributed by atoms with Gasteiger partial charge in [-0.25, -0.2) is 9.97 Å². The zero-order valence-corrected chi connectivity index (χ0v) is 8.86. The molecule has 0 amide bonds. The van der Waals surface area contributed by atoms with Gasteiger partial charge in [0.15, 0.2) is 0 Å². The molecule has 0 bridgehead atoms. The molecule has 1 unspecified atom stereocenters. The summed E-state index contributed by atoms with van der Waals surface area (Å²) in [6.07, 6.45) is 3.77. The monoisotopic (exact) mass is 247 g/mol. The third kappa shape index (κ3) is 2.16. The number of alkyl halides is 3. The number of nitrogens with zero attached hydrogens (tertiary/aromatic N) is 3. The Balaban J connectivity index is 2.42. The Morgan fingerprint density at radius 1 is 1.56 bits per heavy atom. The summed E-state index contributed by atoms with van der Waals surface area (Å²) in [7, 11) is 0. The van der Waals surface area contributed by atoms with E-state index >= 15 is 0 Å². The highest BCUT2D eigenvalue weighted by atomic mass is 35.5. The van der Waals surface area contributed by atoms with E-state index < -0.39 is 17.1 Å². The maximum absolute atomic E-state index is 13.0. The van der Waals surface area contributed by atoms with E-state index in [0.717, 1.165) is 19.2 Å². The van der Waals surface area contributed by atoms with Gasteiger partial charge in [0, 0.05) is 11.8 Å². The van der Waals surface area contributed by atoms with Crippen LogP contribution in [0.2, 0.25) is 0 Å². The van der Waals surface area contributed by atoms with Gasteiger partial charge in [-0.2, -0.15) is 13.7 Å². The summed E-state index contributed by atoms with van der Waals surface area (Å²) in [5, 5.41) is -0.729. The van der Waals surface area contributed by atoms with Gasteiger partial charge in [0.25, 0.3) is 0 Å². The van der Waals surface area contributed by atoms with E-state index in [1.807, 2.05) is 0 Å². The van der Waals surface area contributed by atoms with E-state index in [-0.39, 0.29) is 11.5 Å². The van der Waals surface area contributed by atoms with Gasteiger partial charge in [-0.3, -0.25) is 0 Å². The Morgan fingerprint density at radius 2 is 2.25 bits per heavy atom. The zero-order chi connectivity index (χ0) is 11.8. The molecule has 1 aromatic rings. The van der Waals surface area contributed by atoms with Crippen LogP contribution in [0, 0.1) is 10.8 Å². The summed E-state index contributed by atoms with van der Waals surface area (Å²) in [6.45, 7) is 0. The van der Waals surface area contributed by atoms with Crippen molar-refractivity contribution >= 4 is 11.6 Å². The molecule has 0 radical (unpaired) electrons. The molecule has 0 aromatic carbocycles. The van der Waals surface area contributed by atoms with Crippen LogP contribution in [0.1, 0.15) is 30.1 Å². The number of nitroso groups, excluding NO2 is 1. The lowest BCUT2D eigenvalue weighted by Gasteiger charge is -2.14. The average molecular weight is 248 g/mol. The topological polar surface area (TPSA) is 55.2 Å². The van der Waals surface area contributed by atoms with Gasteiger partial charge in [0.2, 0.25) is 0 Å². The lowest BCUT2D eigenvalue weighted by Crippen LogP contribution is -2.14. The van der Waals surface area contributed by atoms with Crippen LogP contribution in [0.25, 0.3) is 0 Å². The van der Waals surface area contributed by atoms with Gasteiger partial charge >= 0.3 is 5.38 Å². The maximum Gasteiger partial charge on any atom is 0.365 e. The van der Waals surface area contributed by atoms with Crippen molar-refractivity contribution in [3.63, 3.8) is 0 Å². The third-order valence-corrected chi connectivity index (χ3v) is 2.69. The Bertz CT molecular complexity index is 406. The Morgan fingerprint density at radius 3 is 2.75 bits per heavy atom. The second-order valence-corrected chi connectivity index (χ2v) is 4.19. The maximum atomic E-state index is 13.0. The molecule has 4 nitrogen and oxygen atoms in total. The molecule has 0 N–H and O–H groups in total. The summed E-state index contributed by atoms with van der Waals surface area (Å²) in [5.74, 6) is 0.0151. The molecular weight excluding hydrogens is 240 g/mol. The molecule has 0 aliphatic heterocycles. The van der Waals surface area contributed by atoms with Gasteiger partial charge < -0.3 is 0 Å². The fourth-order valence-corrected chi connectivity index (χ4v) is 1.76. The largest absolute Gasteiger partial charge is 0.365 e. The molecule has 0 spiro atoms. The van der Waals surface area contributed by atoms with Crippen LogP contribution in [0.5, 0.6) is 0 Å². The molecule has 0 saturated heterocycles. The summed E-state index contributed by atoms with van der Waals surface area (Å²) in [4.78, 5) is 17.7. The van der Waals surface area contributed by atoms with Gasteiger partial charge in [-0.1, -0.05) is 5.18 Å². The fourth-order valence-electron chi connectivity index (χ4n) is 1.60. The van der Waals surface area contributed by atoms with Gasteiger partial charge in [-0.05, 0) is 30.4 Å². The SMILES string of the molecule is O=NC(c1cncnc1C(F)(F)Cl)C1CC1. The smallest absolute Gasteiger partial charge is 0.244 e. The van der Waals surface area contributed by atoms with Crippen LogP contribution in [-0.4, -0.2) is 9.97 Å². The summed E-state index contributed by atoms with van der Waals surface area (Å²) >= 11 is 4.92. The van der Waals surface area contributed by atoms with Gasteiger partial charge in [-0.15, -0.1) is 0 Å². The predicted molar refractivity (Wildman–Crippen MR) is 53.0 cm³/mol. The molecule has 86 valence electrons. The lowest BCUT2D eigenvalue weighted by molar-refractivity contribution is 0.0879. The van der Waals surface area contributed by atoms with Crippen LogP contribution < -0.4 is 0 Å². The quantitative estimate of drug-likeness (QED) is 0.607. The molecule has 1 heterocycles. The molecular formula is C9H8ClF2N3O. The highest BCUT2D eigenvalue weighted by molar-refractivity contribution is 6.21. The van der Waals surface area contributed by atoms with E-state index in [1.54, 1.807) is 0 Å². The second-order valence-electron chi connectivity index (χ2n) is 3.71. The van der Waals surface area contributed by atoms with Crippen molar-refractivity contribution in [2.75, 3.05) is 0 Å². The number of hydrogen-bond acceptors (Lipinski definition) is 4. The highest BCUT2D eigenvalue weighted by Gasteiger charge is 2.41. The molecule has 1 aromatic heterocycles. The van der Waals surface area contributed by atoms with Crippen molar-refractivity contribution in [3.8, 4) is 0 Å². The first-order valence-electron chi connectivity index (χ1n) is 4.73. The predicted octanol–water partition coefficient (Wildman–Crippen LogP) is 2.98. The van der Waals surface area contributed by atoms with Crippen molar-refractivity contribution in [1.29, 1.82) is 0 Å². The van der Waals surface area contributed by atoms with Crippen LogP contribution in [-0.2, 0) is 5.38 Å². The molecule has 1 aliphatic rings. The summed E-state index contributed by atoms with van der Waals surface area (Å²) < 4.78 is 26.1. The van der Waals surface area contributed by atoms with Gasteiger partial charge in [0.05, 0.1) is 0 Å². The second kappa shape index (κ2) is 4.01. The zero-order valence-electron chi connectivity index (χ0n) is 8.11. The minimum Gasteiger partial charge on any atom is -0.244 e. The molecule has 1 aliphatic carbocycles. The molecule has 7 heteroatoms. The van der Waals surface area contributed by atoms with Crippen LogP contribution in [0.4, 0.5) is 8.78 Å². The number of hydrogen-bond donors (Lipinski definition) is 0. The Labute approximate surface area is 95.0 Å². The van der Waals surface area contributed by atoms with Crippen LogP contribution in [0.3, 0.4) is 0 Å². The van der Waals surface area contributed by atoms with Crippen LogP contribution >= 0.6 is 11.6 Å². The lowest BCUT2D eigenvalue weighted by atomic mass is 10.0. The Kier molecular flexibility index (Phi) is 2.84. The molecule has 1 saturated carbocycles. The van der Waals surface area contributed by atoms with E-state index in [2.05, 4.69) is 15.1 Å². The number of rotatable bonds is 4. The first kappa shape index (κ1) is 11.3. The highest BCUT2D eigenvalue weighted by Crippen LogP contribution is 2.46. The first-order chi connectivity index (χ1) is 7.54. The summed E-state index contributed by atoms with van der Waals surface area (Å²) in [5.41, 5.74) is -0.597. The van der Waals surface area contributed by atoms with Crippen LogP contribution in [0.15, 0.2) is 17.7 Å². The van der Waals surface area contributed by atoms with E-state index in [0.29, 0.717) is 0 Å². The van der Waals surface area contributed by atoms with Gasteiger partial charge in [0.1, 0.15) is 18.1 Å². The van der Waals surface area contributed by atoms with Crippen molar-refractivity contribution in [2.45, 2.75) is 24.3 Å². The third-order valence-electron chi connectivity index (χ3n) is 2.51. The van der Waals surface area contributed by atoms with Crippen molar-refractivity contribution < 1.29 is 8.78 Å². The summed E-state index contributed by atoms with van der Waals surface area (Å²) in [6, 6.07) is -0.819. The number of aromatic nitrogens is 2. The molecule has 1 atom stereocenters. The Hall–Kier alpha value is -1.17. The molecule has 2 rings (SSSR count). The number of halogens is 3. The minimum atomic E-state index is -3.60. The van der Waals surface area contributed by atoms with Crippen molar-refractivity contribution in [3.05, 3.63) is 28.7 Å². The first-order valence-corrected chi connectivity index (χ1v) is 5.11. The molecule has 16 heavy (non-hydrogen) atoms.